The minimum atomic E-state index is -0.196. The molecule has 2 aromatic carbocycles. The highest BCUT2D eigenvalue weighted by molar-refractivity contribution is 9.10. The van der Waals surface area contributed by atoms with Gasteiger partial charge < -0.3 is 4.74 Å². The molecule has 2 aromatic rings. The number of hydrogen-bond donors (Lipinski definition) is 0. The van der Waals surface area contributed by atoms with E-state index >= 15 is 0 Å². The van der Waals surface area contributed by atoms with Crippen molar-refractivity contribution in [3.63, 3.8) is 0 Å². The Labute approximate surface area is 140 Å². The van der Waals surface area contributed by atoms with Crippen molar-refractivity contribution in [2.24, 2.45) is 0 Å². The summed E-state index contributed by atoms with van der Waals surface area (Å²) < 4.78 is 20.0. The minimum absolute atomic E-state index is 0.196. The fraction of sp³-hybridized carbons (Fsp3) is 0.294. The molecule has 1 nitrogen and oxygen atoms in total. The SMILES string of the molecule is Fc1ccc(C(CBr)Cc2cc(Br)cc3c2OCC3)cc1. The van der Waals surface area contributed by atoms with Crippen LogP contribution in [0.5, 0.6) is 5.75 Å². The highest BCUT2D eigenvalue weighted by Crippen LogP contribution is 2.36. The second-order valence-corrected chi connectivity index (χ2v) is 6.82. The largest absolute Gasteiger partial charge is 0.493 e. The lowest BCUT2D eigenvalue weighted by atomic mass is 9.92. The molecule has 1 unspecified atom stereocenters. The molecule has 1 aliphatic heterocycles. The van der Waals surface area contributed by atoms with Crippen molar-refractivity contribution in [1.29, 1.82) is 0 Å². The molecule has 3 rings (SSSR count). The highest BCUT2D eigenvalue weighted by Gasteiger charge is 2.20. The summed E-state index contributed by atoms with van der Waals surface area (Å²) in [5.41, 5.74) is 3.62. The van der Waals surface area contributed by atoms with Gasteiger partial charge in [-0.25, -0.2) is 4.39 Å². The lowest BCUT2D eigenvalue weighted by Crippen LogP contribution is -2.06. The summed E-state index contributed by atoms with van der Waals surface area (Å²) in [5.74, 6) is 1.14. The van der Waals surface area contributed by atoms with E-state index in [-0.39, 0.29) is 5.82 Å². The maximum Gasteiger partial charge on any atom is 0.125 e. The Morgan fingerprint density at radius 2 is 1.95 bits per heavy atom. The molecule has 0 radical (unpaired) electrons. The second-order valence-electron chi connectivity index (χ2n) is 5.26. The number of benzene rings is 2. The van der Waals surface area contributed by atoms with Crippen LogP contribution in [-0.2, 0) is 12.8 Å². The molecule has 0 aromatic heterocycles. The number of rotatable bonds is 4. The fourth-order valence-corrected chi connectivity index (χ4v) is 3.91. The van der Waals surface area contributed by atoms with Gasteiger partial charge in [0.1, 0.15) is 11.6 Å². The lowest BCUT2D eigenvalue weighted by Gasteiger charge is -2.17. The molecular formula is C17H15Br2FO. The number of halogens is 3. The Bertz CT molecular complexity index is 640. The Morgan fingerprint density at radius 3 is 2.67 bits per heavy atom. The Kier molecular flexibility index (Phi) is 4.65. The molecule has 21 heavy (non-hydrogen) atoms. The average molecular weight is 414 g/mol. The summed E-state index contributed by atoms with van der Waals surface area (Å²) in [6, 6.07) is 11.0. The molecule has 0 amide bonds. The van der Waals surface area contributed by atoms with Crippen molar-refractivity contribution >= 4 is 31.9 Å². The first-order valence-corrected chi connectivity index (χ1v) is 8.84. The first-order valence-electron chi connectivity index (χ1n) is 6.93. The quantitative estimate of drug-likeness (QED) is 0.622. The molecule has 0 saturated heterocycles. The van der Waals surface area contributed by atoms with Crippen LogP contribution in [-0.4, -0.2) is 11.9 Å². The van der Waals surface area contributed by atoms with Crippen LogP contribution in [0.25, 0.3) is 0 Å². The van der Waals surface area contributed by atoms with E-state index in [4.69, 9.17) is 4.74 Å². The van der Waals surface area contributed by atoms with Gasteiger partial charge in [0, 0.05) is 16.2 Å². The van der Waals surface area contributed by atoms with Gasteiger partial charge in [-0.1, -0.05) is 44.0 Å². The van der Waals surface area contributed by atoms with Gasteiger partial charge >= 0.3 is 0 Å². The van der Waals surface area contributed by atoms with E-state index in [0.717, 1.165) is 40.6 Å². The maximum atomic E-state index is 13.1. The van der Waals surface area contributed by atoms with Crippen LogP contribution in [0.15, 0.2) is 40.9 Å². The average Bonchev–Trinajstić information content (AvgIpc) is 2.94. The molecule has 1 aliphatic rings. The van der Waals surface area contributed by atoms with Crippen LogP contribution in [0.4, 0.5) is 4.39 Å². The zero-order valence-electron chi connectivity index (χ0n) is 11.4. The first kappa shape index (κ1) is 15.0. The van der Waals surface area contributed by atoms with E-state index in [1.165, 1.54) is 23.3 Å². The maximum absolute atomic E-state index is 13.1. The monoisotopic (exact) mass is 412 g/mol. The number of hydrogen-bond acceptors (Lipinski definition) is 1. The Balaban J connectivity index is 1.89. The summed E-state index contributed by atoms with van der Waals surface area (Å²) in [6.45, 7) is 0.758. The van der Waals surface area contributed by atoms with Crippen molar-refractivity contribution in [1.82, 2.24) is 0 Å². The van der Waals surface area contributed by atoms with Gasteiger partial charge in [-0.05, 0) is 53.3 Å². The summed E-state index contributed by atoms with van der Waals surface area (Å²) in [5, 5.41) is 0.833. The van der Waals surface area contributed by atoms with E-state index < -0.39 is 0 Å². The van der Waals surface area contributed by atoms with Gasteiger partial charge in [-0.3, -0.25) is 0 Å². The summed E-state index contributed by atoms with van der Waals surface area (Å²) >= 11 is 7.16. The fourth-order valence-electron chi connectivity index (χ4n) is 2.76. The first-order chi connectivity index (χ1) is 10.2. The molecule has 0 fully saturated rings. The molecule has 0 bridgehead atoms. The standard InChI is InChI=1S/C17H15Br2FO/c18-10-14(11-1-3-16(20)4-2-11)7-13-9-15(19)8-12-5-6-21-17(12)13/h1-4,8-9,14H,5-7,10H2. The molecule has 0 N–H and O–H groups in total. The van der Waals surface area contributed by atoms with Crippen LogP contribution < -0.4 is 4.74 Å². The smallest absolute Gasteiger partial charge is 0.125 e. The van der Waals surface area contributed by atoms with Crippen LogP contribution in [0.1, 0.15) is 22.6 Å². The van der Waals surface area contributed by atoms with Crippen LogP contribution in [0.2, 0.25) is 0 Å². The second kappa shape index (κ2) is 6.49. The van der Waals surface area contributed by atoms with Gasteiger partial charge in [0.05, 0.1) is 6.61 Å². The van der Waals surface area contributed by atoms with E-state index in [1.54, 1.807) is 0 Å². The third-order valence-corrected chi connectivity index (χ3v) is 5.06. The molecule has 0 aliphatic carbocycles. The van der Waals surface area contributed by atoms with Crippen LogP contribution in [0.3, 0.4) is 0 Å². The molecular weight excluding hydrogens is 399 g/mol. The van der Waals surface area contributed by atoms with Crippen molar-refractivity contribution in [2.75, 3.05) is 11.9 Å². The van der Waals surface area contributed by atoms with Gasteiger partial charge in [0.25, 0.3) is 0 Å². The zero-order valence-corrected chi connectivity index (χ0v) is 14.6. The summed E-state index contributed by atoms with van der Waals surface area (Å²) in [6.07, 6.45) is 1.84. The molecule has 0 saturated carbocycles. The van der Waals surface area contributed by atoms with Gasteiger partial charge in [-0.2, -0.15) is 0 Å². The van der Waals surface area contributed by atoms with E-state index in [0.29, 0.717) is 5.92 Å². The molecule has 0 spiro atoms. The van der Waals surface area contributed by atoms with Gasteiger partial charge in [0.15, 0.2) is 0 Å². The van der Waals surface area contributed by atoms with Crippen LogP contribution >= 0.6 is 31.9 Å². The van der Waals surface area contributed by atoms with E-state index in [2.05, 4.69) is 44.0 Å². The lowest BCUT2D eigenvalue weighted by molar-refractivity contribution is 0.353. The Morgan fingerprint density at radius 1 is 1.19 bits per heavy atom. The molecule has 1 atom stereocenters. The van der Waals surface area contributed by atoms with Crippen molar-refractivity contribution in [3.8, 4) is 5.75 Å². The van der Waals surface area contributed by atoms with Crippen molar-refractivity contribution in [2.45, 2.75) is 18.8 Å². The normalized spacial score (nSPS) is 14.6. The number of fused-ring (bicyclic) bond motifs is 1. The third-order valence-electron chi connectivity index (χ3n) is 3.82. The molecule has 110 valence electrons. The van der Waals surface area contributed by atoms with E-state index in [9.17, 15) is 4.39 Å². The molecule has 4 heteroatoms. The summed E-state index contributed by atoms with van der Waals surface area (Å²) in [4.78, 5) is 0. The summed E-state index contributed by atoms with van der Waals surface area (Å²) in [7, 11) is 0. The zero-order chi connectivity index (χ0) is 14.8. The highest BCUT2D eigenvalue weighted by atomic mass is 79.9. The third kappa shape index (κ3) is 3.32. The number of alkyl halides is 1. The minimum Gasteiger partial charge on any atom is -0.493 e. The van der Waals surface area contributed by atoms with Gasteiger partial charge in [0.2, 0.25) is 0 Å². The van der Waals surface area contributed by atoms with E-state index in [1.807, 2.05) is 12.1 Å². The molecule has 1 heterocycles. The predicted octanol–water partition coefficient (Wildman–Crippen LogP) is 5.24. The number of ether oxygens (including phenoxy) is 1. The Hall–Kier alpha value is -0.870. The van der Waals surface area contributed by atoms with Crippen molar-refractivity contribution in [3.05, 3.63) is 63.4 Å². The van der Waals surface area contributed by atoms with Crippen molar-refractivity contribution < 1.29 is 9.13 Å². The predicted molar refractivity (Wildman–Crippen MR) is 90.0 cm³/mol. The van der Waals surface area contributed by atoms with Crippen LogP contribution in [0, 0.1) is 5.82 Å². The van der Waals surface area contributed by atoms with Gasteiger partial charge in [-0.15, -0.1) is 0 Å². The topological polar surface area (TPSA) is 9.23 Å².